The zero-order valence-electron chi connectivity index (χ0n) is 10.1. The second-order valence-electron chi connectivity index (χ2n) is 4.22. The molecule has 0 radical (unpaired) electrons. The van der Waals surface area contributed by atoms with Gasteiger partial charge in [0.05, 0.1) is 25.8 Å². The third kappa shape index (κ3) is 2.67. The summed E-state index contributed by atoms with van der Waals surface area (Å²) in [6, 6.07) is -0.886. The van der Waals surface area contributed by atoms with Crippen molar-refractivity contribution in [1.82, 2.24) is 14.7 Å². The summed E-state index contributed by atoms with van der Waals surface area (Å²) in [6.45, 7) is 0.743. The van der Waals surface area contributed by atoms with Gasteiger partial charge in [-0.2, -0.15) is 5.10 Å². The number of rotatable bonds is 3. The molecule has 0 aromatic carbocycles. The number of amides is 1. The van der Waals surface area contributed by atoms with Gasteiger partial charge in [0.1, 0.15) is 0 Å². The van der Waals surface area contributed by atoms with Crippen molar-refractivity contribution in [2.75, 3.05) is 19.8 Å². The molecule has 1 amide bonds. The van der Waals surface area contributed by atoms with Crippen molar-refractivity contribution in [3.8, 4) is 0 Å². The Labute approximate surface area is 104 Å². The number of aliphatic carboxylic acids is 1. The zero-order chi connectivity index (χ0) is 13.1. The van der Waals surface area contributed by atoms with Crippen LogP contribution in [0.25, 0.3) is 0 Å². The molecule has 7 nitrogen and oxygen atoms in total. The van der Waals surface area contributed by atoms with E-state index in [-0.39, 0.29) is 18.9 Å². The number of carbonyl (C=O) groups is 2. The second-order valence-corrected chi connectivity index (χ2v) is 4.22. The molecule has 0 bridgehead atoms. The first-order chi connectivity index (χ1) is 8.58. The molecule has 1 atom stereocenters. The highest BCUT2D eigenvalue weighted by atomic mass is 16.5. The number of hydrogen-bond donors (Lipinski definition) is 1. The van der Waals surface area contributed by atoms with Crippen molar-refractivity contribution < 1.29 is 19.4 Å². The maximum absolute atomic E-state index is 12.1. The lowest BCUT2D eigenvalue weighted by Crippen LogP contribution is -2.53. The van der Waals surface area contributed by atoms with Gasteiger partial charge in [-0.05, 0) is 5.56 Å². The number of carboxylic acid groups (broad SMARTS) is 1. The van der Waals surface area contributed by atoms with Gasteiger partial charge in [-0.3, -0.25) is 9.48 Å². The molecular weight excluding hydrogens is 238 g/mol. The summed E-state index contributed by atoms with van der Waals surface area (Å²) in [4.78, 5) is 24.5. The van der Waals surface area contributed by atoms with Gasteiger partial charge in [0, 0.05) is 19.8 Å². The number of carboxylic acids is 1. The molecule has 2 rings (SSSR count). The first-order valence-corrected chi connectivity index (χ1v) is 5.65. The highest BCUT2D eigenvalue weighted by molar-refractivity contribution is 5.85. The van der Waals surface area contributed by atoms with Gasteiger partial charge in [0.25, 0.3) is 0 Å². The number of aromatic nitrogens is 2. The van der Waals surface area contributed by atoms with Crippen molar-refractivity contribution in [3.63, 3.8) is 0 Å². The van der Waals surface area contributed by atoms with Crippen LogP contribution in [0, 0.1) is 0 Å². The van der Waals surface area contributed by atoms with E-state index >= 15 is 0 Å². The van der Waals surface area contributed by atoms with Crippen LogP contribution in [-0.4, -0.2) is 57.5 Å². The summed E-state index contributed by atoms with van der Waals surface area (Å²) in [5.41, 5.74) is 0.776. The molecule has 1 aromatic heterocycles. The van der Waals surface area contributed by atoms with E-state index < -0.39 is 12.0 Å². The van der Waals surface area contributed by atoms with Crippen molar-refractivity contribution in [2.45, 2.75) is 12.5 Å². The average Bonchev–Trinajstić information content (AvgIpc) is 2.74. The molecule has 0 aliphatic carbocycles. The Bertz CT molecular complexity index is 457. The number of morpholine rings is 1. The molecule has 1 aliphatic heterocycles. The van der Waals surface area contributed by atoms with Crippen molar-refractivity contribution >= 4 is 11.9 Å². The molecule has 98 valence electrons. The van der Waals surface area contributed by atoms with E-state index in [0.717, 1.165) is 5.56 Å². The Balaban J connectivity index is 2.04. The third-order valence-electron chi connectivity index (χ3n) is 2.85. The van der Waals surface area contributed by atoms with E-state index in [1.165, 1.54) is 4.90 Å². The Morgan fingerprint density at radius 2 is 2.39 bits per heavy atom. The molecular formula is C11H15N3O4. The fraction of sp³-hybridized carbons (Fsp3) is 0.545. The first-order valence-electron chi connectivity index (χ1n) is 5.65. The van der Waals surface area contributed by atoms with E-state index in [4.69, 9.17) is 9.84 Å². The van der Waals surface area contributed by atoms with Crippen LogP contribution in [0.5, 0.6) is 0 Å². The lowest BCUT2D eigenvalue weighted by atomic mass is 10.1. The van der Waals surface area contributed by atoms with Crippen molar-refractivity contribution in [1.29, 1.82) is 0 Å². The normalized spacial score (nSPS) is 19.8. The predicted octanol–water partition coefficient (Wildman–Crippen LogP) is -0.725. The van der Waals surface area contributed by atoms with Gasteiger partial charge >= 0.3 is 5.97 Å². The minimum Gasteiger partial charge on any atom is -0.480 e. The van der Waals surface area contributed by atoms with Crippen LogP contribution in [0.15, 0.2) is 12.4 Å². The molecule has 2 heterocycles. The minimum atomic E-state index is -1.03. The molecule has 1 saturated heterocycles. The van der Waals surface area contributed by atoms with E-state index in [9.17, 15) is 9.59 Å². The van der Waals surface area contributed by atoms with Crippen LogP contribution in [0.4, 0.5) is 0 Å². The molecule has 0 spiro atoms. The molecule has 7 heteroatoms. The topological polar surface area (TPSA) is 84.7 Å². The minimum absolute atomic E-state index is 0.0497. The number of ether oxygens (including phenoxy) is 1. The molecule has 0 saturated carbocycles. The van der Waals surface area contributed by atoms with Gasteiger partial charge in [-0.25, -0.2) is 4.79 Å². The van der Waals surface area contributed by atoms with Crippen LogP contribution in [0.1, 0.15) is 5.56 Å². The quantitative estimate of drug-likeness (QED) is 0.768. The van der Waals surface area contributed by atoms with Gasteiger partial charge in [0.2, 0.25) is 5.91 Å². The SMILES string of the molecule is Cn1cc(CC(=O)N2CCOCC2C(=O)O)cn1. The van der Waals surface area contributed by atoms with Gasteiger partial charge < -0.3 is 14.7 Å². The van der Waals surface area contributed by atoms with Gasteiger partial charge in [-0.1, -0.05) is 0 Å². The molecule has 1 aromatic rings. The fourth-order valence-electron chi connectivity index (χ4n) is 1.95. The van der Waals surface area contributed by atoms with Crippen LogP contribution in [0.3, 0.4) is 0 Å². The summed E-state index contributed by atoms with van der Waals surface area (Å²) >= 11 is 0. The molecule has 1 N–H and O–H groups in total. The summed E-state index contributed by atoms with van der Waals surface area (Å²) in [5, 5.41) is 13.0. The zero-order valence-corrected chi connectivity index (χ0v) is 10.1. The summed E-state index contributed by atoms with van der Waals surface area (Å²) in [6.07, 6.45) is 3.51. The van der Waals surface area contributed by atoms with Crippen LogP contribution < -0.4 is 0 Å². The smallest absolute Gasteiger partial charge is 0.328 e. The van der Waals surface area contributed by atoms with Crippen molar-refractivity contribution in [3.05, 3.63) is 18.0 Å². The third-order valence-corrected chi connectivity index (χ3v) is 2.85. The molecule has 1 unspecified atom stereocenters. The van der Waals surface area contributed by atoms with E-state index in [1.54, 1.807) is 24.1 Å². The van der Waals surface area contributed by atoms with Crippen LogP contribution in [-0.2, 0) is 27.8 Å². The van der Waals surface area contributed by atoms with E-state index in [1.807, 2.05) is 0 Å². The number of aryl methyl sites for hydroxylation is 1. The molecule has 1 aliphatic rings. The number of hydrogen-bond acceptors (Lipinski definition) is 4. The van der Waals surface area contributed by atoms with Crippen LogP contribution in [0.2, 0.25) is 0 Å². The maximum atomic E-state index is 12.1. The summed E-state index contributed by atoms with van der Waals surface area (Å²) in [5.74, 6) is -1.24. The lowest BCUT2D eigenvalue weighted by Gasteiger charge is -2.32. The Hall–Kier alpha value is -1.89. The van der Waals surface area contributed by atoms with Crippen molar-refractivity contribution in [2.24, 2.45) is 7.05 Å². The fourth-order valence-corrected chi connectivity index (χ4v) is 1.95. The number of carbonyl (C=O) groups excluding carboxylic acids is 1. The van der Waals surface area contributed by atoms with Gasteiger partial charge in [-0.15, -0.1) is 0 Å². The Morgan fingerprint density at radius 3 is 3.00 bits per heavy atom. The average molecular weight is 253 g/mol. The second kappa shape index (κ2) is 5.18. The maximum Gasteiger partial charge on any atom is 0.328 e. The van der Waals surface area contributed by atoms with E-state index in [0.29, 0.717) is 13.2 Å². The van der Waals surface area contributed by atoms with E-state index in [2.05, 4.69) is 5.10 Å². The number of nitrogens with zero attached hydrogens (tertiary/aromatic N) is 3. The molecule has 18 heavy (non-hydrogen) atoms. The summed E-state index contributed by atoms with van der Waals surface area (Å²) < 4.78 is 6.69. The Kier molecular flexibility index (Phi) is 3.61. The summed E-state index contributed by atoms with van der Waals surface area (Å²) in [7, 11) is 1.77. The Morgan fingerprint density at radius 1 is 1.61 bits per heavy atom. The van der Waals surface area contributed by atoms with Crippen LogP contribution >= 0.6 is 0 Å². The largest absolute Gasteiger partial charge is 0.480 e. The predicted molar refractivity (Wildman–Crippen MR) is 60.9 cm³/mol. The molecule has 1 fully saturated rings. The standard InChI is InChI=1S/C11H15N3O4/c1-13-6-8(5-12-13)4-10(15)14-2-3-18-7-9(14)11(16)17/h5-6,9H,2-4,7H2,1H3,(H,16,17). The first kappa shape index (κ1) is 12.6. The monoisotopic (exact) mass is 253 g/mol. The highest BCUT2D eigenvalue weighted by Crippen LogP contribution is 2.10. The lowest BCUT2D eigenvalue weighted by molar-refractivity contribution is -0.158. The highest BCUT2D eigenvalue weighted by Gasteiger charge is 2.32. The van der Waals surface area contributed by atoms with Gasteiger partial charge in [0.15, 0.2) is 6.04 Å².